The second-order valence-electron chi connectivity index (χ2n) is 7.05. The van der Waals surface area contributed by atoms with Crippen LogP contribution < -0.4 is 22.1 Å². The minimum absolute atomic E-state index is 0.00559. The third-order valence-corrected chi connectivity index (χ3v) is 7.59. The van der Waals surface area contributed by atoms with E-state index >= 15 is 0 Å². The van der Waals surface area contributed by atoms with Gasteiger partial charge in [-0.25, -0.2) is 0 Å². The van der Waals surface area contributed by atoms with Crippen LogP contribution in [0, 0.1) is 11.3 Å². The third kappa shape index (κ3) is 5.91. The standard InChI is InChI=1S/C18H27N5O2S2/c19-5-6-22-17(24)9-15(20)25-16(21)10-18-23-12-4-3-11(8-14(12)27-18)13-2-1-7-26-13/h1-2,7,11-12,14-16,18,23H,3-4,6,8-10,20-21H2,(H,22,24). The summed E-state index contributed by atoms with van der Waals surface area (Å²) in [5.41, 5.74) is 11.9. The molecule has 27 heavy (non-hydrogen) atoms. The number of hydrogen-bond donors (Lipinski definition) is 4. The molecule has 1 aliphatic heterocycles. The minimum atomic E-state index is -0.768. The summed E-state index contributed by atoms with van der Waals surface area (Å²) < 4.78 is 5.56. The number of nitriles is 1. The molecule has 0 bridgehead atoms. The molecule has 6 unspecified atom stereocenters. The molecular formula is C18H27N5O2S2. The SMILES string of the molecule is N#CCNC(=O)CC(N)OC(N)CC1NC2CCC(c3cccs3)CC2S1. The highest BCUT2D eigenvalue weighted by Crippen LogP contribution is 2.44. The Bertz CT molecular complexity index is 651. The first kappa shape index (κ1) is 20.6. The molecule has 2 fully saturated rings. The normalized spacial score (nSPS) is 29.5. The summed E-state index contributed by atoms with van der Waals surface area (Å²) in [6.45, 7) is -0.0323. The number of nitrogens with two attached hydrogens (primary N) is 2. The molecule has 3 rings (SSSR count). The van der Waals surface area contributed by atoms with Crippen molar-refractivity contribution in [2.75, 3.05) is 6.54 Å². The average molecular weight is 410 g/mol. The van der Waals surface area contributed by atoms with Crippen molar-refractivity contribution in [2.24, 2.45) is 11.5 Å². The molecule has 1 saturated heterocycles. The van der Waals surface area contributed by atoms with E-state index in [1.165, 1.54) is 24.1 Å². The van der Waals surface area contributed by atoms with E-state index in [0.717, 1.165) is 0 Å². The molecule has 148 valence electrons. The van der Waals surface area contributed by atoms with Crippen LogP contribution in [0.1, 0.15) is 42.9 Å². The maximum atomic E-state index is 11.6. The van der Waals surface area contributed by atoms with E-state index in [1.54, 1.807) is 0 Å². The van der Waals surface area contributed by atoms with Crippen molar-refractivity contribution in [1.82, 2.24) is 10.6 Å². The van der Waals surface area contributed by atoms with Gasteiger partial charge in [0.2, 0.25) is 5.91 Å². The van der Waals surface area contributed by atoms with Gasteiger partial charge >= 0.3 is 0 Å². The van der Waals surface area contributed by atoms with Crippen molar-refractivity contribution in [3.05, 3.63) is 22.4 Å². The number of ether oxygens (including phenoxy) is 1. The summed E-state index contributed by atoms with van der Waals surface area (Å²) in [4.78, 5) is 13.1. The van der Waals surface area contributed by atoms with Gasteiger partial charge in [0, 0.05) is 22.6 Å². The first-order valence-corrected chi connectivity index (χ1v) is 11.1. The number of thioether (sulfide) groups is 1. The lowest BCUT2D eigenvalue weighted by Crippen LogP contribution is -2.42. The fraction of sp³-hybridized carbons (Fsp3) is 0.667. The minimum Gasteiger partial charge on any atom is -0.345 e. The molecule has 6 N–H and O–H groups in total. The van der Waals surface area contributed by atoms with Crippen molar-refractivity contribution >= 4 is 29.0 Å². The largest absolute Gasteiger partial charge is 0.345 e. The Labute approximate surface area is 168 Å². The van der Waals surface area contributed by atoms with Gasteiger partial charge in [-0.1, -0.05) is 6.07 Å². The highest BCUT2D eigenvalue weighted by atomic mass is 32.2. The number of carbonyl (C=O) groups excluding carboxylic acids is 1. The molecule has 0 radical (unpaired) electrons. The second kappa shape index (κ2) is 9.87. The van der Waals surface area contributed by atoms with E-state index in [-0.39, 0.29) is 24.2 Å². The van der Waals surface area contributed by atoms with Crippen molar-refractivity contribution in [2.45, 2.75) is 67.1 Å². The van der Waals surface area contributed by atoms with Crippen molar-refractivity contribution < 1.29 is 9.53 Å². The van der Waals surface area contributed by atoms with E-state index < -0.39 is 12.5 Å². The van der Waals surface area contributed by atoms with Crippen molar-refractivity contribution in [3.8, 4) is 6.07 Å². The van der Waals surface area contributed by atoms with Gasteiger partial charge in [0.1, 0.15) is 19.0 Å². The Balaban J connectivity index is 1.40. The number of fused-ring (bicyclic) bond motifs is 1. The fourth-order valence-corrected chi connectivity index (χ4v) is 6.40. The first-order valence-electron chi connectivity index (χ1n) is 9.30. The molecule has 1 aromatic heterocycles. The van der Waals surface area contributed by atoms with Gasteiger partial charge in [0.05, 0.1) is 17.9 Å². The smallest absolute Gasteiger partial charge is 0.224 e. The zero-order valence-electron chi connectivity index (χ0n) is 15.2. The molecule has 1 aromatic rings. The molecule has 1 aliphatic carbocycles. The lowest BCUT2D eigenvalue weighted by Gasteiger charge is -2.30. The summed E-state index contributed by atoms with van der Waals surface area (Å²) >= 11 is 3.81. The monoisotopic (exact) mass is 409 g/mol. The number of rotatable bonds is 8. The summed E-state index contributed by atoms with van der Waals surface area (Å²) in [6, 6.07) is 6.77. The average Bonchev–Trinajstić information content (AvgIpc) is 3.27. The second-order valence-corrected chi connectivity index (χ2v) is 9.48. The van der Waals surface area contributed by atoms with E-state index in [2.05, 4.69) is 28.1 Å². The van der Waals surface area contributed by atoms with Crippen LogP contribution >= 0.6 is 23.1 Å². The Morgan fingerprint density at radius 2 is 2.30 bits per heavy atom. The molecule has 7 nitrogen and oxygen atoms in total. The molecular weight excluding hydrogens is 382 g/mol. The van der Waals surface area contributed by atoms with Crippen LogP contribution in [0.15, 0.2) is 17.5 Å². The van der Waals surface area contributed by atoms with Crippen LogP contribution in [-0.4, -0.2) is 41.6 Å². The van der Waals surface area contributed by atoms with Crippen LogP contribution in [0.5, 0.6) is 0 Å². The summed E-state index contributed by atoms with van der Waals surface area (Å²) in [5.74, 6) is 0.361. The third-order valence-electron chi connectivity index (χ3n) is 5.02. The lowest BCUT2D eigenvalue weighted by molar-refractivity contribution is -0.124. The molecule has 1 saturated carbocycles. The predicted octanol–water partition coefficient (Wildman–Crippen LogP) is 1.42. The Morgan fingerprint density at radius 3 is 3.04 bits per heavy atom. The zero-order chi connectivity index (χ0) is 19.2. The quantitative estimate of drug-likeness (QED) is 0.378. The lowest BCUT2D eigenvalue weighted by atomic mass is 9.85. The molecule has 0 spiro atoms. The predicted molar refractivity (Wildman–Crippen MR) is 108 cm³/mol. The van der Waals surface area contributed by atoms with Gasteiger partial charge in [-0.05, 0) is 36.6 Å². The summed E-state index contributed by atoms with van der Waals surface area (Å²) in [7, 11) is 0. The summed E-state index contributed by atoms with van der Waals surface area (Å²) in [6.07, 6.45) is 2.97. The van der Waals surface area contributed by atoms with Crippen molar-refractivity contribution in [1.29, 1.82) is 5.26 Å². The summed E-state index contributed by atoms with van der Waals surface area (Å²) in [5, 5.41) is 17.6. The van der Waals surface area contributed by atoms with E-state index in [4.69, 9.17) is 21.5 Å². The maximum absolute atomic E-state index is 11.6. The van der Waals surface area contributed by atoms with E-state index in [1.807, 2.05) is 29.2 Å². The first-order chi connectivity index (χ1) is 13.0. The van der Waals surface area contributed by atoms with Gasteiger partial charge in [-0.15, -0.1) is 23.1 Å². The zero-order valence-corrected chi connectivity index (χ0v) is 16.8. The maximum Gasteiger partial charge on any atom is 0.224 e. The molecule has 2 aliphatic rings. The number of carbonyl (C=O) groups is 1. The Kier molecular flexibility index (Phi) is 7.52. The van der Waals surface area contributed by atoms with Crippen LogP contribution in [-0.2, 0) is 9.53 Å². The van der Waals surface area contributed by atoms with Gasteiger partial charge in [0.25, 0.3) is 0 Å². The van der Waals surface area contributed by atoms with Crippen LogP contribution in [0.25, 0.3) is 0 Å². The number of hydrogen-bond acceptors (Lipinski definition) is 8. The van der Waals surface area contributed by atoms with Crippen LogP contribution in [0.3, 0.4) is 0 Å². The van der Waals surface area contributed by atoms with E-state index in [0.29, 0.717) is 23.6 Å². The van der Waals surface area contributed by atoms with Gasteiger partial charge in [-0.2, -0.15) is 5.26 Å². The van der Waals surface area contributed by atoms with E-state index in [9.17, 15) is 4.79 Å². The molecule has 9 heteroatoms. The molecule has 2 heterocycles. The topological polar surface area (TPSA) is 126 Å². The highest BCUT2D eigenvalue weighted by Gasteiger charge is 2.40. The Hall–Kier alpha value is -1.15. The van der Waals surface area contributed by atoms with Gasteiger partial charge in [-0.3, -0.25) is 4.79 Å². The highest BCUT2D eigenvalue weighted by molar-refractivity contribution is 8.00. The van der Waals surface area contributed by atoms with Crippen LogP contribution in [0.4, 0.5) is 0 Å². The number of nitrogens with one attached hydrogen (secondary N) is 2. The van der Waals surface area contributed by atoms with Crippen LogP contribution in [0.2, 0.25) is 0 Å². The van der Waals surface area contributed by atoms with Crippen molar-refractivity contribution in [3.63, 3.8) is 0 Å². The molecule has 0 aromatic carbocycles. The fourth-order valence-electron chi connectivity index (χ4n) is 3.80. The Morgan fingerprint density at radius 1 is 1.44 bits per heavy atom. The van der Waals surface area contributed by atoms with Gasteiger partial charge in [0.15, 0.2) is 0 Å². The number of thiophene rings is 1. The number of amides is 1. The number of nitrogens with zero attached hydrogens (tertiary/aromatic N) is 1. The molecule has 6 atom stereocenters. The molecule has 1 amide bonds. The van der Waals surface area contributed by atoms with Gasteiger partial charge < -0.3 is 26.8 Å².